The summed E-state index contributed by atoms with van der Waals surface area (Å²) in [5.74, 6) is 2.18. The smallest absolute Gasteiger partial charge is 0.214 e. The van der Waals surface area contributed by atoms with Crippen molar-refractivity contribution in [2.24, 2.45) is 0 Å². The van der Waals surface area contributed by atoms with E-state index >= 15 is 0 Å². The topological polar surface area (TPSA) is 0 Å². The zero-order valence-electron chi connectivity index (χ0n) is 6.74. The Labute approximate surface area is 93.0 Å². The summed E-state index contributed by atoms with van der Waals surface area (Å²) in [6.07, 6.45) is 1.90. The third-order valence-electron chi connectivity index (χ3n) is 1.06. The number of thioether (sulfide) groups is 1. The van der Waals surface area contributed by atoms with E-state index in [1.807, 2.05) is 15.9 Å². The largest absolute Gasteiger partial charge is 0.352 e. The SMILES string of the molecule is C[CH]SC/C=C/C(F)(Cl)C(F)(F)Br. The predicted molar refractivity (Wildman–Crippen MR) is 55.1 cm³/mol. The standard InChI is InChI=1S/C7H8BrClF3S/c1-2-13-5-3-4-6(9,10)7(8,11)12/h2-4H,5H2,1H3/b4-3+. The van der Waals surface area contributed by atoms with Crippen molar-refractivity contribution in [3.63, 3.8) is 0 Å². The molecule has 0 bridgehead atoms. The lowest BCUT2D eigenvalue weighted by molar-refractivity contribution is 0.0218. The highest BCUT2D eigenvalue weighted by Gasteiger charge is 2.49. The van der Waals surface area contributed by atoms with Crippen molar-refractivity contribution in [2.75, 3.05) is 5.75 Å². The summed E-state index contributed by atoms with van der Waals surface area (Å²) in [5.41, 5.74) is 0. The van der Waals surface area contributed by atoms with Gasteiger partial charge < -0.3 is 0 Å². The predicted octanol–water partition coefficient (Wildman–Crippen LogP) is 4.35. The van der Waals surface area contributed by atoms with Crippen molar-refractivity contribution in [3.05, 3.63) is 17.9 Å². The van der Waals surface area contributed by atoms with E-state index in [1.165, 1.54) is 17.8 Å². The number of hydrogen-bond acceptors (Lipinski definition) is 1. The molecule has 0 aliphatic carbocycles. The lowest BCUT2D eigenvalue weighted by Gasteiger charge is -2.18. The molecule has 0 aromatic rings. The fourth-order valence-electron chi connectivity index (χ4n) is 0.442. The molecule has 0 N–H and O–H groups in total. The average Bonchev–Trinajstić information content (AvgIpc) is 1.96. The Morgan fingerprint density at radius 2 is 2.00 bits per heavy atom. The van der Waals surface area contributed by atoms with E-state index in [-0.39, 0.29) is 0 Å². The summed E-state index contributed by atoms with van der Waals surface area (Å²) in [5, 5.41) is -3.17. The molecule has 0 aromatic carbocycles. The Morgan fingerprint density at radius 3 is 2.38 bits per heavy atom. The van der Waals surface area contributed by atoms with E-state index in [0.717, 1.165) is 0 Å². The third-order valence-corrected chi connectivity index (χ3v) is 2.95. The first-order valence-corrected chi connectivity index (χ1v) is 5.55. The van der Waals surface area contributed by atoms with Crippen LogP contribution in [-0.2, 0) is 0 Å². The van der Waals surface area contributed by atoms with E-state index in [4.69, 9.17) is 11.6 Å². The molecule has 0 rings (SSSR count). The molecule has 0 aliphatic rings. The van der Waals surface area contributed by atoms with Gasteiger partial charge in [0.2, 0.25) is 0 Å². The van der Waals surface area contributed by atoms with Crippen LogP contribution < -0.4 is 0 Å². The van der Waals surface area contributed by atoms with E-state index in [1.54, 1.807) is 12.7 Å². The molecule has 77 valence electrons. The monoisotopic (exact) mass is 295 g/mol. The minimum absolute atomic E-state index is 0.415. The summed E-state index contributed by atoms with van der Waals surface area (Å²) >= 11 is 8.15. The highest BCUT2D eigenvalue weighted by atomic mass is 79.9. The van der Waals surface area contributed by atoms with Crippen LogP contribution >= 0.6 is 39.3 Å². The van der Waals surface area contributed by atoms with Gasteiger partial charge in [-0.05, 0) is 22.0 Å². The molecule has 0 nitrogen and oxygen atoms in total. The van der Waals surface area contributed by atoms with Crippen LogP contribution in [0.4, 0.5) is 13.2 Å². The number of hydrogen-bond donors (Lipinski definition) is 0. The molecular formula is C7H8BrClF3S. The molecule has 0 spiro atoms. The van der Waals surface area contributed by atoms with Gasteiger partial charge in [0.05, 0.1) is 0 Å². The van der Waals surface area contributed by atoms with Crippen LogP contribution in [0.1, 0.15) is 6.92 Å². The van der Waals surface area contributed by atoms with E-state index in [9.17, 15) is 13.2 Å². The molecule has 0 fully saturated rings. The molecule has 1 radical (unpaired) electrons. The molecule has 0 saturated carbocycles. The number of halogens is 5. The fraction of sp³-hybridized carbons (Fsp3) is 0.571. The van der Waals surface area contributed by atoms with Gasteiger partial charge in [0, 0.05) is 11.5 Å². The van der Waals surface area contributed by atoms with E-state index in [2.05, 4.69) is 0 Å². The maximum atomic E-state index is 12.9. The second-order valence-electron chi connectivity index (χ2n) is 2.09. The van der Waals surface area contributed by atoms with Gasteiger partial charge in [-0.15, -0.1) is 0 Å². The van der Waals surface area contributed by atoms with Crippen molar-refractivity contribution in [1.29, 1.82) is 0 Å². The lowest BCUT2D eigenvalue weighted by Crippen LogP contribution is -2.31. The lowest BCUT2D eigenvalue weighted by atomic mass is 10.3. The summed E-state index contributed by atoms with van der Waals surface area (Å²) < 4.78 is 37.6. The van der Waals surface area contributed by atoms with Crippen LogP contribution in [0.15, 0.2) is 12.2 Å². The van der Waals surface area contributed by atoms with Crippen LogP contribution in [0.3, 0.4) is 0 Å². The number of allylic oxidation sites excluding steroid dienone is 1. The molecular weight excluding hydrogens is 288 g/mol. The van der Waals surface area contributed by atoms with Gasteiger partial charge in [0.15, 0.2) is 0 Å². The first kappa shape index (κ1) is 13.7. The second kappa shape index (κ2) is 5.51. The Balaban J connectivity index is 4.09. The quantitative estimate of drug-likeness (QED) is 0.413. The zero-order valence-corrected chi connectivity index (χ0v) is 9.90. The number of alkyl halides is 5. The first-order chi connectivity index (χ1) is 5.81. The van der Waals surface area contributed by atoms with Crippen LogP contribution in [0.25, 0.3) is 0 Å². The average molecular weight is 297 g/mol. The fourth-order valence-corrected chi connectivity index (χ4v) is 1.06. The maximum Gasteiger partial charge on any atom is 0.352 e. The van der Waals surface area contributed by atoms with Crippen molar-refractivity contribution < 1.29 is 13.2 Å². The molecule has 0 aromatic heterocycles. The van der Waals surface area contributed by atoms with Crippen molar-refractivity contribution in [1.82, 2.24) is 0 Å². The minimum atomic E-state index is -3.75. The molecule has 6 heteroatoms. The van der Waals surface area contributed by atoms with Gasteiger partial charge in [-0.1, -0.05) is 24.6 Å². The maximum absolute atomic E-state index is 12.9. The molecule has 0 aliphatic heterocycles. The van der Waals surface area contributed by atoms with E-state index < -0.39 is 9.96 Å². The summed E-state index contributed by atoms with van der Waals surface area (Å²) in [6, 6.07) is 0. The van der Waals surface area contributed by atoms with Gasteiger partial charge in [0.25, 0.3) is 5.13 Å². The Bertz CT molecular complexity index is 179. The molecule has 1 unspecified atom stereocenters. The van der Waals surface area contributed by atoms with Crippen LogP contribution in [0, 0.1) is 5.75 Å². The van der Waals surface area contributed by atoms with Crippen LogP contribution in [-0.4, -0.2) is 15.7 Å². The summed E-state index contributed by atoms with van der Waals surface area (Å²) in [7, 11) is 0. The summed E-state index contributed by atoms with van der Waals surface area (Å²) in [4.78, 5) is -3.75. The summed E-state index contributed by atoms with van der Waals surface area (Å²) in [6.45, 7) is 1.79. The highest BCUT2D eigenvalue weighted by Crippen LogP contribution is 2.42. The third kappa shape index (κ3) is 5.18. The molecule has 1 atom stereocenters. The molecule has 0 amide bonds. The van der Waals surface area contributed by atoms with E-state index in [0.29, 0.717) is 11.8 Å². The van der Waals surface area contributed by atoms with Crippen LogP contribution in [0.5, 0.6) is 0 Å². The Morgan fingerprint density at radius 1 is 1.46 bits per heavy atom. The molecule has 0 saturated heterocycles. The van der Waals surface area contributed by atoms with Gasteiger partial charge in [0.1, 0.15) is 0 Å². The molecule has 0 heterocycles. The first-order valence-electron chi connectivity index (χ1n) is 3.33. The zero-order chi connectivity index (χ0) is 10.5. The number of rotatable bonds is 5. The highest BCUT2D eigenvalue weighted by molar-refractivity contribution is 9.10. The van der Waals surface area contributed by atoms with Gasteiger partial charge in [-0.3, -0.25) is 0 Å². The van der Waals surface area contributed by atoms with Gasteiger partial charge >= 0.3 is 4.83 Å². The van der Waals surface area contributed by atoms with Crippen molar-refractivity contribution in [3.8, 4) is 0 Å². The Hall–Kier alpha value is 0.650. The van der Waals surface area contributed by atoms with Gasteiger partial charge in [-0.25, -0.2) is 4.39 Å². The minimum Gasteiger partial charge on any atom is -0.214 e. The van der Waals surface area contributed by atoms with Crippen molar-refractivity contribution >= 4 is 39.3 Å². The normalized spacial score (nSPS) is 17.7. The van der Waals surface area contributed by atoms with Crippen molar-refractivity contribution in [2.45, 2.75) is 16.9 Å². The molecule has 13 heavy (non-hydrogen) atoms. The van der Waals surface area contributed by atoms with Crippen LogP contribution in [0.2, 0.25) is 0 Å². The Kier molecular flexibility index (Phi) is 5.79. The second-order valence-corrected chi connectivity index (χ2v) is 4.78. The van der Waals surface area contributed by atoms with Gasteiger partial charge in [-0.2, -0.15) is 20.5 Å².